The average Bonchev–Trinajstić information content (AvgIpc) is 2.60. The molecule has 0 saturated carbocycles. The van der Waals surface area contributed by atoms with Gasteiger partial charge in [-0.05, 0) is 10.8 Å². The summed E-state index contributed by atoms with van der Waals surface area (Å²) in [4.78, 5) is 26.0. The quantitative estimate of drug-likeness (QED) is 0.619. The van der Waals surface area contributed by atoms with Gasteiger partial charge in [-0.3, -0.25) is 9.59 Å². The lowest BCUT2D eigenvalue weighted by Crippen LogP contribution is -2.38. The highest BCUT2D eigenvalue weighted by Gasteiger charge is 2.50. The van der Waals surface area contributed by atoms with Gasteiger partial charge < -0.3 is 0 Å². The Morgan fingerprint density at radius 1 is 0.810 bits per heavy atom. The summed E-state index contributed by atoms with van der Waals surface area (Å²) in [5.74, 6) is 0.194. The Hall–Kier alpha value is -1.27. The number of Topliss-reactive ketones (excluding diaryl/α,β-unsaturated/α-hetero) is 2. The van der Waals surface area contributed by atoms with Crippen molar-refractivity contribution in [2.45, 2.75) is 44.8 Å². The maximum absolute atomic E-state index is 13.0. The van der Waals surface area contributed by atoms with Crippen LogP contribution >= 0.6 is 0 Å². The van der Waals surface area contributed by atoms with Crippen LogP contribution in [0.2, 0.25) is 44.8 Å². The predicted molar refractivity (Wildman–Crippen MR) is 93.8 cm³/mol. The molecule has 0 aliphatic heterocycles. The number of hydrogen-bond donors (Lipinski definition) is 0. The molecule has 0 fully saturated rings. The number of hydrogen-bond acceptors (Lipinski definition) is 2. The normalized spacial score (nSPS) is 20.4. The summed E-state index contributed by atoms with van der Waals surface area (Å²) in [6.07, 6.45) is 0. The van der Waals surface area contributed by atoms with Crippen LogP contribution in [0.5, 0.6) is 0 Å². The zero-order chi connectivity index (χ0) is 16.0. The molecule has 0 radical (unpaired) electrons. The number of benzene rings is 1. The van der Waals surface area contributed by atoms with Crippen LogP contribution in [0.25, 0.3) is 5.57 Å². The van der Waals surface area contributed by atoms with Crippen molar-refractivity contribution in [3.63, 3.8) is 0 Å². The largest absolute Gasteiger partial charge is 0.294 e. The van der Waals surface area contributed by atoms with Gasteiger partial charge in [0.15, 0.2) is 11.6 Å². The minimum absolute atomic E-state index is 0.0720. The Bertz CT molecular complexity index is 616. The van der Waals surface area contributed by atoms with Gasteiger partial charge in [-0.15, -0.1) is 0 Å². The van der Waals surface area contributed by atoms with E-state index in [9.17, 15) is 9.59 Å². The van der Waals surface area contributed by atoms with Crippen molar-refractivity contribution in [2.24, 2.45) is 0 Å². The molecule has 0 spiro atoms. The van der Waals surface area contributed by atoms with Crippen molar-refractivity contribution < 1.29 is 9.59 Å². The highest BCUT2D eigenvalue weighted by Crippen LogP contribution is 2.43. The van der Waals surface area contributed by atoms with Crippen molar-refractivity contribution >= 4 is 33.3 Å². The second-order valence-electron chi connectivity index (χ2n) is 7.89. The van der Waals surface area contributed by atoms with E-state index in [-0.39, 0.29) is 11.6 Å². The number of ketones is 2. The number of allylic oxidation sites excluding steroid dienone is 2. The fourth-order valence-electron chi connectivity index (χ4n) is 3.08. The maximum atomic E-state index is 13.0. The molecule has 2 nitrogen and oxygen atoms in total. The average molecular weight is 317 g/mol. The van der Waals surface area contributed by atoms with Gasteiger partial charge in [0.1, 0.15) is 0 Å². The molecule has 1 aliphatic rings. The molecule has 2 rings (SSSR count). The van der Waals surface area contributed by atoms with Crippen LogP contribution in [0.15, 0.2) is 35.5 Å². The van der Waals surface area contributed by atoms with Crippen molar-refractivity contribution in [1.29, 1.82) is 0 Å². The van der Waals surface area contributed by atoms with Gasteiger partial charge in [-0.25, -0.2) is 0 Å². The van der Waals surface area contributed by atoms with Crippen LogP contribution < -0.4 is 0 Å². The third-order valence-corrected chi connectivity index (χ3v) is 8.20. The highest BCUT2D eigenvalue weighted by atomic mass is 28.3. The Morgan fingerprint density at radius 3 is 1.76 bits per heavy atom. The molecule has 4 heteroatoms. The minimum atomic E-state index is -1.86. The van der Waals surface area contributed by atoms with E-state index in [4.69, 9.17) is 0 Å². The van der Waals surface area contributed by atoms with Gasteiger partial charge >= 0.3 is 0 Å². The smallest absolute Gasteiger partial charge is 0.171 e. The summed E-state index contributed by atoms with van der Waals surface area (Å²) in [7, 11) is -3.73. The summed E-state index contributed by atoms with van der Waals surface area (Å²) < 4.78 is 0. The third-order valence-electron chi connectivity index (χ3n) is 3.95. The molecule has 0 heterocycles. The second kappa shape index (κ2) is 5.18. The first-order valence-electron chi connectivity index (χ1n) is 7.43. The van der Waals surface area contributed by atoms with E-state index in [2.05, 4.69) is 39.3 Å². The van der Waals surface area contributed by atoms with Crippen molar-refractivity contribution in [3.05, 3.63) is 41.1 Å². The highest BCUT2D eigenvalue weighted by molar-refractivity contribution is 6.96. The monoisotopic (exact) mass is 316 g/mol. The summed E-state index contributed by atoms with van der Waals surface area (Å²) >= 11 is 0. The fraction of sp³-hybridized carbons (Fsp3) is 0.412. The van der Waals surface area contributed by atoms with Gasteiger partial charge in [0.25, 0.3) is 0 Å². The predicted octanol–water partition coefficient (Wildman–Crippen LogP) is 4.18. The van der Waals surface area contributed by atoms with Gasteiger partial charge in [-0.2, -0.15) is 0 Å². The van der Waals surface area contributed by atoms with Crippen LogP contribution in [0, 0.1) is 0 Å². The van der Waals surface area contributed by atoms with Crippen LogP contribution in [-0.4, -0.2) is 27.7 Å². The van der Waals surface area contributed by atoms with Gasteiger partial charge in [0.05, 0.1) is 21.7 Å². The lowest BCUT2D eigenvalue weighted by Gasteiger charge is -2.24. The molecule has 1 atom stereocenters. The molecule has 0 amide bonds. The van der Waals surface area contributed by atoms with E-state index in [0.29, 0.717) is 5.57 Å². The van der Waals surface area contributed by atoms with E-state index in [1.54, 1.807) is 0 Å². The fourth-order valence-corrected chi connectivity index (χ4v) is 6.98. The first-order valence-corrected chi connectivity index (χ1v) is 14.5. The summed E-state index contributed by atoms with van der Waals surface area (Å²) in [5, 5.41) is 0.853. The van der Waals surface area contributed by atoms with Crippen LogP contribution in [-0.2, 0) is 9.59 Å². The Labute approximate surface area is 129 Å². The summed E-state index contributed by atoms with van der Waals surface area (Å²) in [6, 6.07) is 9.71. The Morgan fingerprint density at radius 2 is 1.33 bits per heavy atom. The molecular formula is C17H24O2Si2. The molecule has 0 N–H and O–H groups in total. The van der Waals surface area contributed by atoms with Crippen molar-refractivity contribution in [3.8, 4) is 0 Å². The van der Waals surface area contributed by atoms with Crippen molar-refractivity contribution in [2.75, 3.05) is 0 Å². The molecule has 0 saturated heterocycles. The van der Waals surface area contributed by atoms with E-state index in [1.165, 1.54) is 0 Å². The van der Waals surface area contributed by atoms with E-state index >= 15 is 0 Å². The zero-order valence-corrected chi connectivity index (χ0v) is 15.8. The summed E-state index contributed by atoms with van der Waals surface area (Å²) in [6.45, 7) is 12.8. The Kier molecular flexibility index (Phi) is 3.97. The second-order valence-corrected chi connectivity index (χ2v) is 18.2. The standard InChI is InChI=1S/C17H24O2Si2/c1-20(2,3)16-13(12-10-8-7-9-11-12)14(18)17(15(16)19)21(4,5)6/h7-11,17H,1-6H3. The zero-order valence-electron chi connectivity index (χ0n) is 13.8. The molecule has 0 bridgehead atoms. The number of carbonyl (C=O) groups is 2. The maximum Gasteiger partial charge on any atom is 0.171 e. The van der Waals surface area contributed by atoms with E-state index < -0.39 is 21.7 Å². The molecule has 1 aliphatic carbocycles. The first kappa shape index (κ1) is 16.1. The molecule has 1 unspecified atom stereocenters. The van der Waals surface area contributed by atoms with E-state index in [0.717, 1.165) is 10.8 Å². The number of rotatable bonds is 3. The molecular weight excluding hydrogens is 292 g/mol. The minimum Gasteiger partial charge on any atom is -0.294 e. The lowest BCUT2D eigenvalue weighted by molar-refractivity contribution is -0.120. The van der Waals surface area contributed by atoms with Crippen LogP contribution in [0.4, 0.5) is 0 Å². The molecule has 0 aromatic heterocycles. The number of carbonyl (C=O) groups excluding carboxylic acids is 2. The van der Waals surface area contributed by atoms with Crippen LogP contribution in [0.1, 0.15) is 5.56 Å². The lowest BCUT2D eigenvalue weighted by atomic mass is 10.0. The molecule has 112 valence electrons. The van der Waals surface area contributed by atoms with E-state index in [1.807, 2.05) is 30.3 Å². The Balaban J connectivity index is 2.69. The van der Waals surface area contributed by atoms with Crippen LogP contribution in [0.3, 0.4) is 0 Å². The van der Waals surface area contributed by atoms with Crippen molar-refractivity contribution in [1.82, 2.24) is 0 Å². The molecule has 1 aromatic carbocycles. The third kappa shape index (κ3) is 2.87. The molecule has 21 heavy (non-hydrogen) atoms. The topological polar surface area (TPSA) is 34.1 Å². The SMILES string of the molecule is C[Si](C)(C)C1=C(c2ccccc2)C(=O)C([Si](C)(C)C)C1=O. The van der Waals surface area contributed by atoms with Gasteiger partial charge in [0.2, 0.25) is 0 Å². The van der Waals surface area contributed by atoms with Gasteiger partial charge in [-0.1, -0.05) is 69.6 Å². The van der Waals surface area contributed by atoms with Gasteiger partial charge in [0, 0.05) is 5.57 Å². The summed E-state index contributed by atoms with van der Waals surface area (Å²) in [5.41, 5.74) is 1.23. The first-order chi connectivity index (χ1) is 9.55. The molecule has 1 aromatic rings.